The van der Waals surface area contributed by atoms with E-state index < -0.39 is 136 Å². The predicted octanol–water partition coefficient (Wildman–Crippen LogP) is 8.07. The first-order chi connectivity index (χ1) is 57.8. The van der Waals surface area contributed by atoms with Crippen LogP contribution in [-0.2, 0) is 55.7 Å². The molecule has 0 radical (unpaired) electrons. The van der Waals surface area contributed by atoms with Crippen LogP contribution in [0, 0.1) is 0 Å². The highest BCUT2D eigenvalue weighted by atomic mass is 16.5. The first-order valence-electron chi connectivity index (χ1n) is 46.6. The van der Waals surface area contributed by atoms with E-state index in [1.165, 1.54) is 50.2 Å². The Hall–Kier alpha value is -5.50. The van der Waals surface area contributed by atoms with Gasteiger partial charge in [-0.3, -0.25) is 0 Å². The molecule has 0 amide bonds. The van der Waals surface area contributed by atoms with Gasteiger partial charge in [0.05, 0.1) is 50.8 Å². The van der Waals surface area contributed by atoms with Crippen molar-refractivity contribution in [2.24, 2.45) is 0 Å². The molecule has 20 heteroatoms. The second kappa shape index (κ2) is 56.5. The van der Waals surface area contributed by atoms with Gasteiger partial charge in [0.25, 0.3) is 0 Å². The zero-order valence-electron chi connectivity index (χ0n) is 87.7. The summed E-state index contributed by atoms with van der Waals surface area (Å²) in [4.78, 5) is 0. The van der Waals surface area contributed by atoms with Gasteiger partial charge in [-0.25, -0.2) is 0 Å². The predicted molar refractivity (Wildman–Crippen MR) is 383 cm³/mol. The van der Waals surface area contributed by atoms with Crippen LogP contribution in [0.25, 0.3) is 0 Å². The molecule has 7 atom stereocenters. The average Bonchev–Trinajstić information content (AvgIpc) is 0.790. The zero-order valence-corrected chi connectivity index (χ0v) is 55.7. The fourth-order valence-electron chi connectivity index (χ4n) is 7.01. The van der Waals surface area contributed by atoms with Crippen molar-refractivity contribution in [3.05, 3.63) is 149 Å². The molecule has 5 rings (SSSR count). The first kappa shape index (κ1) is 47.5. The van der Waals surface area contributed by atoms with E-state index in [9.17, 15) is 25.5 Å². The Morgan fingerprint density at radius 2 is 0.600 bits per heavy atom. The summed E-state index contributed by atoms with van der Waals surface area (Å²) in [6.07, 6.45) is -7.80. The van der Waals surface area contributed by atoms with Crippen LogP contribution < -0.4 is 50.3 Å². The number of rotatable bonds is 45. The second-order valence-corrected chi connectivity index (χ2v) is 21.3. The quantitative estimate of drug-likeness (QED) is 0.0177. The van der Waals surface area contributed by atoms with Crippen LogP contribution >= 0.6 is 0 Å². The van der Waals surface area contributed by atoms with E-state index in [4.69, 9.17) is 77.0 Å². The van der Waals surface area contributed by atoms with Crippen molar-refractivity contribution in [1.82, 2.24) is 26.6 Å². The molecule has 0 bridgehead atoms. The Kier molecular flexibility index (Phi) is 28.2. The van der Waals surface area contributed by atoms with Gasteiger partial charge in [-0.15, -0.1) is 0 Å². The molecule has 0 aliphatic heterocycles. The number of aryl methyl sites for hydroxylation is 2. The van der Waals surface area contributed by atoms with Gasteiger partial charge in [0.15, 0.2) is 0 Å². The topological polar surface area (TPSA) is 254 Å². The highest BCUT2D eigenvalue weighted by molar-refractivity contribution is 5.31. The average molecular weight is 1370 g/mol. The molecule has 0 saturated carbocycles. The third-order valence-electron chi connectivity index (χ3n) is 12.0. The lowest BCUT2D eigenvalue weighted by Crippen LogP contribution is -2.35. The maximum atomic E-state index is 9.94. The first-order valence-corrected chi connectivity index (χ1v) is 30.6. The Labute approximate surface area is 616 Å². The fraction of sp³-hybridized carbons (Fsp3) is 0.600. The molecule has 10 N–H and O–H groups in total. The van der Waals surface area contributed by atoms with E-state index in [0.29, 0.717) is 54.6 Å². The smallest absolute Gasteiger partial charge is 0.119 e. The molecule has 0 spiro atoms. The van der Waals surface area contributed by atoms with Crippen molar-refractivity contribution >= 4 is 0 Å². The van der Waals surface area contributed by atoms with Crippen molar-refractivity contribution in [3.63, 3.8) is 0 Å². The van der Waals surface area contributed by atoms with Gasteiger partial charge in [-0.2, -0.15) is 0 Å². The summed E-state index contributed by atoms with van der Waals surface area (Å²) in [6, 6.07) is 26.3. The van der Waals surface area contributed by atoms with E-state index in [1.807, 2.05) is 26.0 Å². The highest BCUT2D eigenvalue weighted by Gasteiger charge is 2.11. The molecular formula is C75H125N5O15. The summed E-state index contributed by atoms with van der Waals surface area (Å²) < 4.78 is 285. The van der Waals surface area contributed by atoms with Crippen LogP contribution in [0.5, 0.6) is 28.7 Å². The van der Waals surface area contributed by atoms with E-state index in [2.05, 4.69) is 40.8 Å². The number of hydrogen-bond donors (Lipinski definition) is 10. The molecular weight excluding hydrogens is 1210 g/mol. The van der Waals surface area contributed by atoms with Crippen molar-refractivity contribution in [2.45, 2.75) is 162 Å². The molecule has 95 heavy (non-hydrogen) atoms. The number of nitrogens with one attached hydrogen (secondary N) is 5. The second-order valence-electron chi connectivity index (χ2n) is 21.3. The van der Waals surface area contributed by atoms with Gasteiger partial charge in [0.2, 0.25) is 0 Å². The number of methoxy groups -OCH3 is 5. The minimum atomic E-state index is -3.13. The lowest BCUT2D eigenvalue weighted by molar-refractivity contribution is 0.104. The third kappa shape index (κ3) is 50.5. The summed E-state index contributed by atoms with van der Waals surface area (Å²) in [5.41, 5.74) is 2.88. The van der Waals surface area contributed by atoms with Crippen molar-refractivity contribution in [1.29, 1.82) is 0 Å². The summed E-state index contributed by atoms with van der Waals surface area (Å²) >= 11 is 0. The van der Waals surface area contributed by atoms with Crippen molar-refractivity contribution in [3.8, 4) is 28.7 Å². The molecule has 7 unspecified atom stereocenters. The molecule has 0 heterocycles. The molecule has 0 aliphatic carbocycles. The number of aliphatic hydroxyl groups excluding tert-OH is 5. The molecule has 20 nitrogen and oxygen atoms in total. The van der Waals surface area contributed by atoms with Gasteiger partial charge < -0.3 is 99.5 Å². The van der Waals surface area contributed by atoms with E-state index in [1.54, 1.807) is 86.6 Å². The molecule has 5 aromatic rings. The lowest BCUT2D eigenvalue weighted by Gasteiger charge is -2.15. The molecule has 0 aliphatic rings. The monoisotopic (exact) mass is 1370 g/mol. The summed E-state index contributed by atoms with van der Waals surface area (Å²) in [5, 5.41) is 62.5. The van der Waals surface area contributed by atoms with Crippen LogP contribution in [0.1, 0.15) is 141 Å². The van der Waals surface area contributed by atoms with Gasteiger partial charge in [-0.05, 0) is 120 Å². The Balaban J connectivity index is 0.000000796. The van der Waals surface area contributed by atoms with Crippen LogP contribution in [0.2, 0.25) is 0 Å². The number of aliphatic hydroxyl groups is 5. The van der Waals surface area contributed by atoms with Gasteiger partial charge in [-0.1, -0.05) is 130 Å². The van der Waals surface area contributed by atoms with Gasteiger partial charge in [0, 0.05) is 124 Å². The van der Waals surface area contributed by atoms with Crippen LogP contribution in [-0.4, -0.2) is 220 Å². The number of ether oxygens (including phenoxy) is 10. The van der Waals surface area contributed by atoms with Crippen molar-refractivity contribution in [2.75, 3.05) is 134 Å². The number of benzene rings is 5. The Morgan fingerprint density at radius 3 is 0.853 bits per heavy atom. The number of hydrogen-bond acceptors (Lipinski definition) is 20. The maximum Gasteiger partial charge on any atom is 0.119 e. The van der Waals surface area contributed by atoms with Crippen molar-refractivity contribution < 1.29 is 117 Å². The Bertz CT molecular complexity index is 3790. The van der Waals surface area contributed by atoms with Gasteiger partial charge in [0.1, 0.15) is 92.3 Å². The van der Waals surface area contributed by atoms with Crippen LogP contribution in [0.4, 0.5) is 0 Å². The SMILES string of the molecule is [2H]C(C)(C)NCC(O)COc1ccc(CCOC([2H])([2H])[2H])cc1.[2H]C([2H])(OC)C([2H])([2H])c1ccc(OCC(O)CNC(C)C)cc1.[2H]C([2H])([2H])C(C)NCC(O)COc1ccc(C([2H])([2H])C([2H])([2H])OC)cc1.[2H]C([2H])([2H])OCCc1ccc(OCC(O)CNC([2H])(C([2H])([2H])[2H])C([2H])([2H])[2H])cc1.[2H]C([2H])([2H])OCCc1ccc(OCC(O)CNC([2H])(C)C([2H])([2H])[2H])cc1. The maximum absolute atomic E-state index is 9.94. The zero-order chi connectivity index (χ0) is 97.9. The van der Waals surface area contributed by atoms with Gasteiger partial charge >= 0.3 is 0 Å². The van der Waals surface area contributed by atoms with Crippen LogP contribution in [0.3, 0.4) is 0 Å². The van der Waals surface area contributed by atoms with E-state index >= 15 is 0 Å². The Morgan fingerprint density at radius 1 is 0.337 bits per heavy atom. The summed E-state index contributed by atoms with van der Waals surface area (Å²) in [6.45, 7) is -5.45. The lowest BCUT2D eigenvalue weighted by atomic mass is 10.1. The molecule has 0 aromatic heterocycles. The normalized spacial score (nSPS) is 20.3. The molecule has 0 saturated heterocycles. The summed E-state index contributed by atoms with van der Waals surface area (Å²) in [5.74, 6) is 2.37. The minimum Gasteiger partial charge on any atom is -0.491 e. The minimum absolute atomic E-state index is 0.0307. The fourth-order valence-corrected chi connectivity index (χ4v) is 7.01. The standard InChI is InChI=1S/5C15H25NO3/c5*1-12(2)16-10-14(17)11-19-15-6-4-13(5-7-15)8-9-18-3/h5*4-7,12,14,16-17H,8-11H2,1-3H3/i1D3,2D3,3D3,12D;1D3,8D2,9D2;1D3,3D3,12D;8D2,9D2;3D3,12D. The van der Waals surface area contributed by atoms with E-state index in [0.717, 1.165) is 30.9 Å². The third-order valence-corrected chi connectivity index (χ3v) is 12.0. The molecule has 540 valence electrons. The van der Waals surface area contributed by atoms with E-state index in [-0.39, 0.29) is 89.7 Å². The van der Waals surface area contributed by atoms with Crippen LogP contribution in [0.15, 0.2) is 121 Å². The largest absolute Gasteiger partial charge is 0.491 e. The molecule has 5 aromatic carbocycles. The highest BCUT2D eigenvalue weighted by Crippen LogP contribution is 2.17. The molecule has 0 fully saturated rings. The summed E-state index contributed by atoms with van der Waals surface area (Å²) in [7, 11) is -4.98.